The number of rotatable bonds is 5. The van der Waals surface area contributed by atoms with Crippen LogP contribution in [0.25, 0.3) is 0 Å². The molecule has 4 fully saturated rings. The van der Waals surface area contributed by atoms with Gasteiger partial charge in [0, 0.05) is 17.8 Å². The quantitative estimate of drug-likeness (QED) is 0.167. The number of epoxide rings is 1. The topological polar surface area (TPSA) is 185 Å². The average Bonchev–Trinajstić information content (AvgIpc) is 3.58. The molecule has 5 rings (SSSR count). The van der Waals surface area contributed by atoms with E-state index in [2.05, 4.69) is 0 Å². The largest absolute Gasteiger partial charge is 0.479 e. The van der Waals surface area contributed by atoms with Crippen LogP contribution >= 0.6 is 0 Å². The number of carbonyl (C=O) groups excluding carboxylic acids is 1. The zero-order valence-corrected chi connectivity index (χ0v) is 19.7. The molecule has 1 saturated carbocycles. The molecule has 196 valence electrons. The lowest BCUT2D eigenvalue weighted by Gasteiger charge is -2.57. The summed E-state index contributed by atoms with van der Waals surface area (Å²) in [5.41, 5.74) is -1.72. The van der Waals surface area contributed by atoms with Crippen molar-refractivity contribution in [3.8, 4) is 0 Å². The summed E-state index contributed by atoms with van der Waals surface area (Å²) in [5, 5.41) is 51.7. The number of aliphatic hydroxyl groups is 4. The van der Waals surface area contributed by atoms with Gasteiger partial charge in [0.25, 0.3) is 0 Å². The van der Waals surface area contributed by atoms with E-state index in [9.17, 15) is 35.1 Å². The molecule has 5 N–H and O–H groups in total. The van der Waals surface area contributed by atoms with Gasteiger partial charge in [-0.05, 0) is 19.8 Å². The molecular formula is C23H32O12. The summed E-state index contributed by atoms with van der Waals surface area (Å²) in [6.07, 6.45) is -9.52. The molecule has 0 radical (unpaired) electrons. The van der Waals surface area contributed by atoms with E-state index in [1.54, 1.807) is 0 Å². The molecular weight excluding hydrogens is 468 g/mol. The Morgan fingerprint density at radius 2 is 1.83 bits per heavy atom. The summed E-state index contributed by atoms with van der Waals surface area (Å²) in [6.45, 7) is 5.38. The van der Waals surface area contributed by atoms with Gasteiger partial charge in [0.1, 0.15) is 42.7 Å². The van der Waals surface area contributed by atoms with Crippen molar-refractivity contribution < 1.29 is 58.8 Å². The van der Waals surface area contributed by atoms with Gasteiger partial charge in [-0.2, -0.15) is 0 Å². The minimum atomic E-state index is -1.87. The number of allylic oxidation sites excluding steroid dienone is 1. The molecule has 0 amide bonds. The molecule has 0 aromatic carbocycles. The Morgan fingerprint density at radius 3 is 2.43 bits per heavy atom. The van der Waals surface area contributed by atoms with Crippen molar-refractivity contribution in [2.24, 2.45) is 10.8 Å². The van der Waals surface area contributed by atoms with Crippen LogP contribution in [0.3, 0.4) is 0 Å². The lowest BCUT2D eigenvalue weighted by Crippen LogP contribution is -2.66. The van der Waals surface area contributed by atoms with Crippen LogP contribution in [0.5, 0.6) is 0 Å². The van der Waals surface area contributed by atoms with E-state index >= 15 is 0 Å². The summed E-state index contributed by atoms with van der Waals surface area (Å²) in [7, 11) is 0. The van der Waals surface area contributed by atoms with Gasteiger partial charge in [0.2, 0.25) is 0 Å². The van der Waals surface area contributed by atoms with Crippen LogP contribution < -0.4 is 0 Å². The number of hydrogen-bond acceptors (Lipinski definition) is 11. The zero-order valence-electron chi connectivity index (χ0n) is 19.7. The molecule has 3 heterocycles. The maximum atomic E-state index is 11.8. The minimum Gasteiger partial charge on any atom is -0.479 e. The van der Waals surface area contributed by atoms with E-state index < -0.39 is 83.5 Å². The Morgan fingerprint density at radius 1 is 1.14 bits per heavy atom. The molecule has 1 spiro atoms. The summed E-state index contributed by atoms with van der Waals surface area (Å²) >= 11 is 0. The highest BCUT2D eigenvalue weighted by Crippen LogP contribution is 2.72. The third kappa shape index (κ3) is 3.28. The lowest BCUT2D eigenvalue weighted by atomic mass is 9.51. The SMILES string of the molecule is CC(=O)OC[C@]12CCC(C)=C[C@H]1O[C@@H]1C(O[C@@H]3O[C@H](C(=O)O)[C@@H](O)[C@@H](O)[C@H]3O)C(O)[C@@]2(C)C12CO2. The standard InChI is InChI=1S/C23H32O12/c1-9-4-5-22(7-31-10(2)24)11(6-9)33-18-16(17(28)21(22,3)23(18)8-32-23)35-20-14(27)12(25)13(26)15(34-20)19(29)30/h6,11-18,20,25-28H,4-5,7-8H2,1-3H3,(H,29,30)/t11-,12-,13+,14-,15+,16?,17?,18-,20+,21-,22-,23?/m1/s1. The smallest absolute Gasteiger partial charge is 0.335 e. The van der Waals surface area contributed by atoms with Crippen LogP contribution in [0.2, 0.25) is 0 Å². The molecule has 3 aliphatic heterocycles. The van der Waals surface area contributed by atoms with Crippen LogP contribution in [-0.4, -0.2) is 111 Å². The van der Waals surface area contributed by atoms with E-state index in [1.807, 2.05) is 19.9 Å². The molecule has 35 heavy (non-hydrogen) atoms. The second-order valence-corrected chi connectivity index (χ2v) is 10.6. The van der Waals surface area contributed by atoms with E-state index in [0.29, 0.717) is 12.8 Å². The minimum absolute atomic E-state index is 0.0105. The number of ether oxygens (including phenoxy) is 5. The van der Waals surface area contributed by atoms with Crippen molar-refractivity contribution in [2.45, 2.75) is 94.3 Å². The van der Waals surface area contributed by atoms with Gasteiger partial charge >= 0.3 is 11.9 Å². The highest BCUT2D eigenvalue weighted by Gasteiger charge is 2.85. The Labute approximate surface area is 201 Å². The third-order valence-corrected chi connectivity index (χ3v) is 8.91. The van der Waals surface area contributed by atoms with E-state index in [4.69, 9.17) is 23.7 Å². The first-order chi connectivity index (χ1) is 16.4. The number of carboxylic acid groups (broad SMARTS) is 1. The molecule has 3 unspecified atom stereocenters. The second-order valence-electron chi connectivity index (χ2n) is 10.6. The fourth-order valence-corrected chi connectivity index (χ4v) is 6.70. The first kappa shape index (κ1) is 25.0. The van der Waals surface area contributed by atoms with Crippen molar-refractivity contribution >= 4 is 11.9 Å². The fraction of sp³-hybridized carbons (Fsp3) is 0.826. The van der Waals surface area contributed by atoms with Crippen LogP contribution in [-0.2, 0) is 33.3 Å². The van der Waals surface area contributed by atoms with Crippen LogP contribution in [0.4, 0.5) is 0 Å². The zero-order chi connectivity index (χ0) is 25.5. The molecule has 3 saturated heterocycles. The molecule has 12 atom stereocenters. The Balaban J connectivity index is 1.50. The number of aliphatic carboxylic acids is 1. The molecule has 5 aliphatic rings. The Bertz CT molecular complexity index is 931. The van der Waals surface area contributed by atoms with E-state index in [-0.39, 0.29) is 13.2 Å². The van der Waals surface area contributed by atoms with Crippen molar-refractivity contribution in [1.29, 1.82) is 0 Å². The van der Waals surface area contributed by atoms with Crippen LogP contribution in [0.1, 0.15) is 33.6 Å². The summed E-state index contributed by atoms with van der Waals surface area (Å²) in [4.78, 5) is 23.3. The fourth-order valence-electron chi connectivity index (χ4n) is 6.70. The molecule has 2 bridgehead atoms. The van der Waals surface area contributed by atoms with Gasteiger partial charge in [0.15, 0.2) is 12.4 Å². The van der Waals surface area contributed by atoms with Crippen LogP contribution in [0.15, 0.2) is 11.6 Å². The number of carboxylic acids is 1. The van der Waals surface area contributed by atoms with Gasteiger partial charge in [0.05, 0.1) is 18.8 Å². The summed E-state index contributed by atoms with van der Waals surface area (Å²) in [6, 6.07) is 0. The number of fused-ring (bicyclic) bond motifs is 2. The summed E-state index contributed by atoms with van der Waals surface area (Å²) < 4.78 is 29.1. The van der Waals surface area contributed by atoms with Gasteiger partial charge in [-0.25, -0.2) is 4.79 Å². The van der Waals surface area contributed by atoms with Crippen molar-refractivity contribution in [3.63, 3.8) is 0 Å². The number of esters is 1. The predicted octanol–water partition coefficient (Wildman–Crippen LogP) is -1.53. The Hall–Kier alpha value is -1.64. The van der Waals surface area contributed by atoms with Crippen molar-refractivity contribution in [3.05, 3.63) is 11.6 Å². The van der Waals surface area contributed by atoms with Crippen LogP contribution in [0, 0.1) is 10.8 Å². The first-order valence-corrected chi connectivity index (χ1v) is 11.8. The number of hydrogen-bond donors (Lipinski definition) is 5. The molecule has 0 aromatic rings. The summed E-state index contributed by atoms with van der Waals surface area (Å²) in [5.74, 6) is -2.01. The van der Waals surface area contributed by atoms with Crippen molar-refractivity contribution in [2.75, 3.05) is 13.2 Å². The van der Waals surface area contributed by atoms with Gasteiger partial charge < -0.3 is 49.2 Å². The highest BCUT2D eigenvalue weighted by molar-refractivity contribution is 5.73. The molecule has 0 aromatic heterocycles. The van der Waals surface area contributed by atoms with Gasteiger partial charge in [-0.15, -0.1) is 0 Å². The van der Waals surface area contributed by atoms with Crippen molar-refractivity contribution in [1.82, 2.24) is 0 Å². The second kappa shape index (κ2) is 8.18. The predicted molar refractivity (Wildman–Crippen MR) is 113 cm³/mol. The maximum absolute atomic E-state index is 11.8. The number of aliphatic hydroxyl groups excluding tert-OH is 4. The van der Waals surface area contributed by atoms with Gasteiger partial charge in [-0.1, -0.05) is 18.6 Å². The van der Waals surface area contributed by atoms with E-state index in [0.717, 1.165) is 5.57 Å². The highest BCUT2D eigenvalue weighted by atomic mass is 16.7. The van der Waals surface area contributed by atoms with E-state index in [1.165, 1.54) is 6.92 Å². The number of carbonyl (C=O) groups is 2. The van der Waals surface area contributed by atoms with Gasteiger partial charge in [-0.3, -0.25) is 4.79 Å². The normalized spacial score (nSPS) is 52.5. The first-order valence-electron chi connectivity index (χ1n) is 11.8. The molecule has 12 nitrogen and oxygen atoms in total. The molecule has 12 heteroatoms. The lowest BCUT2D eigenvalue weighted by molar-refractivity contribution is -0.315. The Kier molecular flexibility index (Phi) is 5.85. The monoisotopic (exact) mass is 500 g/mol. The molecule has 2 aliphatic carbocycles. The third-order valence-electron chi connectivity index (χ3n) is 8.91. The maximum Gasteiger partial charge on any atom is 0.335 e. The average molecular weight is 500 g/mol.